The standard InChI is InChI=1S/C16H13ClN4O2/c1-11(22)12-7-8-15(14(17)9-12)23-10-16-18-19-20-21(16)13-5-3-2-4-6-13/h2-9H,10H2,1H3. The number of ether oxygens (including phenoxy) is 1. The molecule has 0 saturated heterocycles. The van der Waals surface area contributed by atoms with Crippen molar-refractivity contribution in [2.75, 3.05) is 0 Å². The predicted molar refractivity (Wildman–Crippen MR) is 84.9 cm³/mol. The van der Waals surface area contributed by atoms with Crippen LogP contribution in [0.3, 0.4) is 0 Å². The van der Waals surface area contributed by atoms with Crippen LogP contribution in [-0.2, 0) is 6.61 Å². The molecule has 0 radical (unpaired) electrons. The Morgan fingerprint density at radius 2 is 2.00 bits per heavy atom. The Bertz CT molecular complexity index is 833. The van der Waals surface area contributed by atoms with Crippen molar-refractivity contribution in [1.82, 2.24) is 20.2 Å². The van der Waals surface area contributed by atoms with Crippen molar-refractivity contribution >= 4 is 17.4 Å². The molecule has 0 aliphatic carbocycles. The van der Waals surface area contributed by atoms with Crippen LogP contribution in [-0.4, -0.2) is 26.0 Å². The van der Waals surface area contributed by atoms with Crippen LogP contribution in [0, 0.1) is 0 Å². The van der Waals surface area contributed by atoms with E-state index in [0.29, 0.717) is 22.2 Å². The summed E-state index contributed by atoms with van der Waals surface area (Å²) in [6.45, 7) is 1.64. The van der Waals surface area contributed by atoms with Gasteiger partial charge in [-0.25, -0.2) is 0 Å². The van der Waals surface area contributed by atoms with Gasteiger partial charge >= 0.3 is 0 Å². The second kappa shape index (κ2) is 6.58. The van der Waals surface area contributed by atoms with Crippen molar-refractivity contribution < 1.29 is 9.53 Å². The van der Waals surface area contributed by atoms with Gasteiger partial charge in [0.05, 0.1) is 10.7 Å². The molecule has 0 amide bonds. The molecule has 23 heavy (non-hydrogen) atoms. The fourth-order valence-electron chi connectivity index (χ4n) is 2.04. The zero-order valence-electron chi connectivity index (χ0n) is 12.3. The monoisotopic (exact) mass is 328 g/mol. The molecular weight excluding hydrogens is 316 g/mol. The van der Waals surface area contributed by atoms with Gasteiger partial charge in [-0.3, -0.25) is 4.79 Å². The van der Waals surface area contributed by atoms with Gasteiger partial charge in [0, 0.05) is 5.56 Å². The van der Waals surface area contributed by atoms with Crippen LogP contribution < -0.4 is 4.74 Å². The van der Waals surface area contributed by atoms with E-state index < -0.39 is 0 Å². The number of ketones is 1. The summed E-state index contributed by atoms with van der Waals surface area (Å²) in [6.07, 6.45) is 0. The Hall–Kier alpha value is -2.73. The van der Waals surface area contributed by atoms with E-state index in [4.69, 9.17) is 16.3 Å². The van der Waals surface area contributed by atoms with Crippen LogP contribution in [0.25, 0.3) is 5.69 Å². The highest BCUT2D eigenvalue weighted by Crippen LogP contribution is 2.26. The van der Waals surface area contributed by atoms with E-state index in [-0.39, 0.29) is 12.4 Å². The highest BCUT2D eigenvalue weighted by molar-refractivity contribution is 6.32. The van der Waals surface area contributed by atoms with Gasteiger partial charge in [-0.2, -0.15) is 4.68 Å². The van der Waals surface area contributed by atoms with Crippen LogP contribution in [0.15, 0.2) is 48.5 Å². The summed E-state index contributed by atoms with van der Waals surface area (Å²) in [5.41, 5.74) is 1.38. The van der Waals surface area contributed by atoms with Gasteiger partial charge < -0.3 is 4.74 Å². The van der Waals surface area contributed by atoms with Crippen molar-refractivity contribution in [3.8, 4) is 11.4 Å². The van der Waals surface area contributed by atoms with Gasteiger partial charge in [0.2, 0.25) is 0 Å². The van der Waals surface area contributed by atoms with E-state index >= 15 is 0 Å². The van der Waals surface area contributed by atoms with E-state index in [1.165, 1.54) is 6.92 Å². The minimum atomic E-state index is -0.0496. The van der Waals surface area contributed by atoms with E-state index in [1.807, 2.05) is 30.3 Å². The maximum Gasteiger partial charge on any atom is 0.194 e. The van der Waals surface area contributed by atoms with Gasteiger partial charge in [-0.15, -0.1) is 5.10 Å². The molecular formula is C16H13ClN4O2. The fourth-order valence-corrected chi connectivity index (χ4v) is 2.28. The van der Waals surface area contributed by atoms with E-state index in [1.54, 1.807) is 22.9 Å². The molecule has 0 saturated carbocycles. The molecule has 0 bridgehead atoms. The number of nitrogens with zero attached hydrogens (tertiary/aromatic N) is 4. The zero-order valence-corrected chi connectivity index (χ0v) is 13.1. The number of hydrogen-bond acceptors (Lipinski definition) is 5. The Balaban J connectivity index is 1.77. The predicted octanol–water partition coefficient (Wildman–Crippen LogP) is 3.10. The third-order valence-corrected chi connectivity index (χ3v) is 3.53. The molecule has 1 heterocycles. The highest BCUT2D eigenvalue weighted by atomic mass is 35.5. The lowest BCUT2D eigenvalue weighted by Gasteiger charge is -2.09. The number of para-hydroxylation sites is 1. The molecule has 0 spiro atoms. The van der Waals surface area contributed by atoms with Crippen LogP contribution in [0.2, 0.25) is 5.02 Å². The lowest BCUT2D eigenvalue weighted by Crippen LogP contribution is -2.07. The maximum absolute atomic E-state index is 11.3. The molecule has 3 aromatic rings. The number of halogens is 1. The molecule has 0 aliphatic heterocycles. The number of Topliss-reactive ketones (excluding diaryl/α,β-unsaturated/α-hetero) is 1. The summed E-state index contributed by atoms with van der Waals surface area (Å²) in [7, 11) is 0. The molecule has 116 valence electrons. The molecule has 7 heteroatoms. The van der Waals surface area contributed by atoms with Crippen molar-refractivity contribution in [3.05, 3.63) is 64.9 Å². The molecule has 0 fully saturated rings. The Morgan fingerprint density at radius 3 is 2.70 bits per heavy atom. The summed E-state index contributed by atoms with van der Waals surface area (Å²) in [5, 5.41) is 12.0. The van der Waals surface area contributed by atoms with E-state index in [2.05, 4.69) is 15.5 Å². The zero-order chi connectivity index (χ0) is 16.2. The van der Waals surface area contributed by atoms with Crippen molar-refractivity contribution in [2.45, 2.75) is 13.5 Å². The first-order chi connectivity index (χ1) is 11.1. The van der Waals surface area contributed by atoms with Crippen molar-refractivity contribution in [3.63, 3.8) is 0 Å². The Labute approximate surface area is 137 Å². The Kier molecular flexibility index (Phi) is 4.34. The van der Waals surface area contributed by atoms with Gasteiger partial charge in [0.25, 0.3) is 0 Å². The molecule has 0 aliphatic rings. The van der Waals surface area contributed by atoms with Gasteiger partial charge in [-0.05, 0) is 47.7 Å². The summed E-state index contributed by atoms with van der Waals surface area (Å²) in [4.78, 5) is 11.3. The van der Waals surface area contributed by atoms with Gasteiger partial charge in [0.1, 0.15) is 12.4 Å². The minimum absolute atomic E-state index is 0.0496. The van der Waals surface area contributed by atoms with Crippen molar-refractivity contribution in [1.29, 1.82) is 0 Å². The minimum Gasteiger partial charge on any atom is -0.484 e. The van der Waals surface area contributed by atoms with Crippen molar-refractivity contribution in [2.24, 2.45) is 0 Å². The largest absolute Gasteiger partial charge is 0.484 e. The number of carbonyl (C=O) groups is 1. The average Bonchev–Trinajstić information content (AvgIpc) is 3.03. The number of tetrazole rings is 1. The summed E-state index contributed by atoms with van der Waals surface area (Å²) >= 11 is 6.13. The Morgan fingerprint density at radius 1 is 1.22 bits per heavy atom. The molecule has 0 N–H and O–H groups in total. The van der Waals surface area contributed by atoms with Crippen LogP contribution in [0.4, 0.5) is 0 Å². The van der Waals surface area contributed by atoms with Gasteiger partial charge in [-0.1, -0.05) is 29.8 Å². The maximum atomic E-state index is 11.3. The molecule has 0 atom stereocenters. The van der Waals surface area contributed by atoms with Crippen LogP contribution >= 0.6 is 11.6 Å². The number of rotatable bonds is 5. The first kappa shape index (κ1) is 15.2. The van der Waals surface area contributed by atoms with E-state index in [0.717, 1.165) is 5.69 Å². The first-order valence-corrected chi connectivity index (χ1v) is 7.29. The third-order valence-electron chi connectivity index (χ3n) is 3.23. The number of hydrogen-bond donors (Lipinski definition) is 0. The highest BCUT2D eigenvalue weighted by Gasteiger charge is 2.11. The number of benzene rings is 2. The fraction of sp³-hybridized carbons (Fsp3) is 0.125. The smallest absolute Gasteiger partial charge is 0.194 e. The summed E-state index contributed by atoms with van der Waals surface area (Å²) in [6, 6.07) is 14.4. The van der Waals surface area contributed by atoms with Crippen LogP contribution in [0.5, 0.6) is 5.75 Å². The lowest BCUT2D eigenvalue weighted by atomic mass is 10.1. The normalized spacial score (nSPS) is 10.5. The lowest BCUT2D eigenvalue weighted by molar-refractivity contribution is 0.101. The molecule has 1 aromatic heterocycles. The van der Waals surface area contributed by atoms with Gasteiger partial charge in [0.15, 0.2) is 11.6 Å². The third kappa shape index (κ3) is 3.37. The second-order valence-electron chi connectivity index (χ2n) is 4.83. The molecule has 2 aromatic carbocycles. The second-order valence-corrected chi connectivity index (χ2v) is 5.24. The summed E-state index contributed by atoms with van der Waals surface area (Å²) in [5.74, 6) is 0.966. The summed E-state index contributed by atoms with van der Waals surface area (Å²) < 4.78 is 7.27. The van der Waals surface area contributed by atoms with E-state index in [9.17, 15) is 4.79 Å². The average molecular weight is 329 g/mol. The number of carbonyl (C=O) groups excluding carboxylic acids is 1. The molecule has 0 unspecified atom stereocenters. The first-order valence-electron chi connectivity index (χ1n) is 6.91. The number of aromatic nitrogens is 4. The SMILES string of the molecule is CC(=O)c1ccc(OCc2nnnn2-c2ccccc2)c(Cl)c1. The topological polar surface area (TPSA) is 69.9 Å². The quantitative estimate of drug-likeness (QED) is 0.673. The molecule has 3 rings (SSSR count). The van der Waals surface area contributed by atoms with Crippen LogP contribution in [0.1, 0.15) is 23.1 Å². The molecule has 6 nitrogen and oxygen atoms in total.